The molecule has 0 fully saturated rings. The maximum absolute atomic E-state index is 12.3. The van der Waals surface area contributed by atoms with Crippen LogP contribution in [0.2, 0.25) is 0 Å². The van der Waals surface area contributed by atoms with Gasteiger partial charge in [0.15, 0.2) is 0 Å². The summed E-state index contributed by atoms with van der Waals surface area (Å²) in [5, 5.41) is 9.60. The first kappa shape index (κ1) is 18.5. The summed E-state index contributed by atoms with van der Waals surface area (Å²) >= 11 is 0. The number of benzene rings is 1. The van der Waals surface area contributed by atoms with Gasteiger partial charge >= 0.3 is 6.03 Å². The van der Waals surface area contributed by atoms with Crippen molar-refractivity contribution in [3.63, 3.8) is 0 Å². The molecule has 27 heavy (non-hydrogen) atoms. The number of likely N-dealkylation sites (N-methyl/N-ethyl adjacent to an activating group) is 1. The summed E-state index contributed by atoms with van der Waals surface area (Å²) in [4.78, 5) is 27.4. The number of carbonyl (C=O) groups excluding carboxylic acids is 1. The van der Waals surface area contributed by atoms with E-state index in [1.54, 1.807) is 6.07 Å². The molecule has 0 aliphatic carbocycles. The molecule has 0 atom stereocenters. The third-order valence-corrected chi connectivity index (χ3v) is 3.78. The average molecular weight is 365 g/mol. The van der Waals surface area contributed by atoms with Gasteiger partial charge in [0.2, 0.25) is 5.95 Å². The molecule has 0 aliphatic rings. The SMILES string of the molecule is Cc1cc(NCCN(C)C)nc(NC(=O)Nc2ccc3ccccc3n2)n1. The Kier molecular flexibility index (Phi) is 5.77. The number of amides is 2. The third-order valence-electron chi connectivity index (χ3n) is 3.78. The number of nitrogens with one attached hydrogen (secondary N) is 3. The second-order valence-corrected chi connectivity index (χ2v) is 6.42. The van der Waals surface area contributed by atoms with Crippen LogP contribution in [0.5, 0.6) is 0 Å². The van der Waals surface area contributed by atoms with Crippen LogP contribution in [0.3, 0.4) is 0 Å². The lowest BCUT2D eigenvalue weighted by atomic mass is 10.2. The molecule has 0 unspecified atom stereocenters. The van der Waals surface area contributed by atoms with Gasteiger partial charge in [-0.05, 0) is 39.2 Å². The molecular formula is C19H23N7O. The summed E-state index contributed by atoms with van der Waals surface area (Å²) in [6.07, 6.45) is 0. The molecule has 0 saturated carbocycles. The highest BCUT2D eigenvalue weighted by molar-refractivity contribution is 5.98. The summed E-state index contributed by atoms with van der Waals surface area (Å²) in [5.74, 6) is 1.37. The first-order chi connectivity index (χ1) is 13.0. The lowest BCUT2D eigenvalue weighted by Gasteiger charge is -2.12. The van der Waals surface area contributed by atoms with E-state index in [2.05, 4.69) is 35.8 Å². The maximum atomic E-state index is 12.3. The highest BCUT2D eigenvalue weighted by atomic mass is 16.2. The molecule has 2 aromatic heterocycles. The predicted molar refractivity (Wildman–Crippen MR) is 108 cm³/mol. The normalized spacial score (nSPS) is 10.8. The van der Waals surface area contributed by atoms with E-state index in [0.717, 1.165) is 29.7 Å². The number of hydrogen-bond acceptors (Lipinski definition) is 6. The van der Waals surface area contributed by atoms with E-state index in [4.69, 9.17) is 0 Å². The number of urea groups is 1. The van der Waals surface area contributed by atoms with E-state index in [1.807, 2.05) is 57.4 Å². The van der Waals surface area contributed by atoms with Crippen LogP contribution in [0.4, 0.5) is 22.4 Å². The second-order valence-electron chi connectivity index (χ2n) is 6.42. The minimum Gasteiger partial charge on any atom is -0.369 e. The third kappa shape index (κ3) is 5.35. The first-order valence-corrected chi connectivity index (χ1v) is 8.68. The molecule has 0 aliphatic heterocycles. The first-order valence-electron chi connectivity index (χ1n) is 8.68. The second kappa shape index (κ2) is 8.41. The van der Waals surface area contributed by atoms with Crippen molar-refractivity contribution in [1.29, 1.82) is 0 Å². The molecule has 8 heteroatoms. The molecule has 2 heterocycles. The van der Waals surface area contributed by atoms with Gasteiger partial charge in [-0.25, -0.2) is 14.8 Å². The number of fused-ring (bicyclic) bond motifs is 1. The van der Waals surface area contributed by atoms with Gasteiger partial charge in [0.05, 0.1) is 5.52 Å². The Labute approximate surface area is 158 Å². The fraction of sp³-hybridized carbons (Fsp3) is 0.263. The van der Waals surface area contributed by atoms with Crippen LogP contribution in [-0.2, 0) is 0 Å². The van der Waals surface area contributed by atoms with E-state index in [9.17, 15) is 4.79 Å². The molecule has 3 aromatic rings. The summed E-state index contributed by atoms with van der Waals surface area (Å²) in [6, 6.07) is 12.8. The smallest absolute Gasteiger partial charge is 0.327 e. The van der Waals surface area contributed by atoms with Crippen molar-refractivity contribution in [2.75, 3.05) is 43.1 Å². The summed E-state index contributed by atoms with van der Waals surface area (Å²) < 4.78 is 0. The Hall–Kier alpha value is -3.26. The largest absolute Gasteiger partial charge is 0.369 e. The van der Waals surface area contributed by atoms with Gasteiger partial charge in [0, 0.05) is 30.2 Å². The molecular weight excluding hydrogens is 342 g/mol. The van der Waals surface area contributed by atoms with Crippen LogP contribution in [0.1, 0.15) is 5.69 Å². The van der Waals surface area contributed by atoms with E-state index in [1.165, 1.54) is 0 Å². The maximum Gasteiger partial charge on any atom is 0.327 e. The number of rotatable bonds is 6. The predicted octanol–water partition coefficient (Wildman–Crippen LogP) is 2.95. The van der Waals surface area contributed by atoms with Crippen LogP contribution in [0.15, 0.2) is 42.5 Å². The summed E-state index contributed by atoms with van der Waals surface area (Å²) in [6.45, 7) is 3.48. The van der Waals surface area contributed by atoms with Crippen molar-refractivity contribution in [3.8, 4) is 0 Å². The monoisotopic (exact) mass is 365 g/mol. The van der Waals surface area contributed by atoms with Gasteiger partial charge in [-0.1, -0.05) is 18.2 Å². The fourth-order valence-electron chi connectivity index (χ4n) is 2.51. The molecule has 3 N–H and O–H groups in total. The van der Waals surface area contributed by atoms with E-state index in [-0.39, 0.29) is 5.95 Å². The Morgan fingerprint density at radius 1 is 1.00 bits per heavy atom. The van der Waals surface area contributed by atoms with Crippen molar-refractivity contribution >= 4 is 34.5 Å². The van der Waals surface area contributed by atoms with Gasteiger partial charge in [-0.3, -0.25) is 10.6 Å². The van der Waals surface area contributed by atoms with Crippen molar-refractivity contribution < 1.29 is 4.79 Å². The van der Waals surface area contributed by atoms with Crippen molar-refractivity contribution in [1.82, 2.24) is 19.9 Å². The molecule has 0 bridgehead atoms. The minimum absolute atomic E-state index is 0.237. The van der Waals surface area contributed by atoms with Gasteiger partial charge < -0.3 is 10.2 Å². The number of nitrogens with zero attached hydrogens (tertiary/aromatic N) is 4. The quantitative estimate of drug-likeness (QED) is 0.622. The number of para-hydroxylation sites is 1. The minimum atomic E-state index is -0.442. The van der Waals surface area contributed by atoms with Crippen molar-refractivity contribution in [2.45, 2.75) is 6.92 Å². The average Bonchev–Trinajstić information content (AvgIpc) is 2.60. The van der Waals surface area contributed by atoms with Gasteiger partial charge in [0.1, 0.15) is 11.6 Å². The van der Waals surface area contributed by atoms with Crippen LogP contribution in [0.25, 0.3) is 10.9 Å². The lowest BCUT2D eigenvalue weighted by molar-refractivity contribution is 0.262. The molecule has 8 nitrogen and oxygen atoms in total. The van der Waals surface area contributed by atoms with Crippen molar-refractivity contribution in [3.05, 3.63) is 48.2 Å². The molecule has 140 valence electrons. The highest BCUT2D eigenvalue weighted by Gasteiger charge is 2.08. The molecule has 0 saturated heterocycles. The Bertz CT molecular complexity index is 942. The Balaban J connectivity index is 1.64. The Morgan fingerprint density at radius 2 is 1.81 bits per heavy atom. The number of aromatic nitrogens is 3. The topological polar surface area (TPSA) is 95.1 Å². The highest BCUT2D eigenvalue weighted by Crippen LogP contribution is 2.15. The van der Waals surface area contributed by atoms with E-state index < -0.39 is 6.03 Å². The van der Waals surface area contributed by atoms with Crippen LogP contribution >= 0.6 is 0 Å². The number of carbonyl (C=O) groups is 1. The zero-order valence-electron chi connectivity index (χ0n) is 15.7. The van der Waals surface area contributed by atoms with Crippen LogP contribution < -0.4 is 16.0 Å². The van der Waals surface area contributed by atoms with E-state index >= 15 is 0 Å². The molecule has 0 spiro atoms. The zero-order valence-corrected chi connectivity index (χ0v) is 15.7. The zero-order chi connectivity index (χ0) is 19.2. The fourth-order valence-corrected chi connectivity index (χ4v) is 2.51. The molecule has 2 amide bonds. The van der Waals surface area contributed by atoms with Gasteiger partial charge in [0.25, 0.3) is 0 Å². The Morgan fingerprint density at radius 3 is 2.63 bits per heavy atom. The van der Waals surface area contributed by atoms with Crippen LogP contribution in [-0.4, -0.2) is 53.1 Å². The van der Waals surface area contributed by atoms with Crippen molar-refractivity contribution in [2.24, 2.45) is 0 Å². The molecule has 3 rings (SSSR count). The van der Waals surface area contributed by atoms with Crippen LogP contribution in [0, 0.1) is 6.92 Å². The number of anilines is 3. The van der Waals surface area contributed by atoms with Gasteiger partial charge in [-0.15, -0.1) is 0 Å². The van der Waals surface area contributed by atoms with E-state index in [0.29, 0.717) is 11.6 Å². The van der Waals surface area contributed by atoms with Gasteiger partial charge in [-0.2, -0.15) is 4.98 Å². The number of hydrogen-bond donors (Lipinski definition) is 3. The summed E-state index contributed by atoms with van der Waals surface area (Å²) in [7, 11) is 4.01. The summed E-state index contributed by atoms with van der Waals surface area (Å²) in [5.41, 5.74) is 1.57. The number of pyridine rings is 1. The molecule has 1 aromatic carbocycles. The number of aryl methyl sites for hydroxylation is 1. The standard InChI is InChI=1S/C19H23N7O/c1-13-12-17(20-10-11-26(2)3)23-18(21-13)25-19(27)24-16-9-8-14-6-4-5-7-15(14)22-16/h4-9,12H,10-11H2,1-3H3,(H3,20,21,22,23,24,25,27). The molecule has 0 radical (unpaired) electrons. The lowest BCUT2D eigenvalue weighted by Crippen LogP contribution is -2.23.